The van der Waals surface area contributed by atoms with Crippen molar-refractivity contribution < 1.29 is 22.4 Å². The van der Waals surface area contributed by atoms with E-state index < -0.39 is 12.1 Å². The van der Waals surface area contributed by atoms with E-state index in [0.717, 1.165) is 5.56 Å². The fourth-order valence-corrected chi connectivity index (χ4v) is 2.61. The Morgan fingerprint density at radius 1 is 1.15 bits per heavy atom. The minimum atomic E-state index is -4.95. The third-order valence-corrected chi connectivity index (χ3v) is 4.02. The fourth-order valence-electron chi connectivity index (χ4n) is 2.61. The van der Waals surface area contributed by atoms with Gasteiger partial charge < -0.3 is 9.73 Å². The predicted octanol–water partition coefficient (Wildman–Crippen LogP) is 5.43. The molecule has 1 heterocycles. The van der Waals surface area contributed by atoms with Gasteiger partial charge in [-0.05, 0) is 48.2 Å². The Balaban J connectivity index is 1.95. The zero-order chi connectivity index (χ0) is 19.1. The van der Waals surface area contributed by atoms with Crippen molar-refractivity contribution in [1.82, 2.24) is 4.98 Å². The van der Waals surface area contributed by atoms with Crippen molar-refractivity contribution in [2.45, 2.75) is 32.9 Å². The number of fused-ring (bicyclic) bond motifs is 1. The number of aromatic nitrogens is 1. The van der Waals surface area contributed by atoms with Gasteiger partial charge in [-0.3, -0.25) is 4.79 Å². The van der Waals surface area contributed by atoms with Crippen LogP contribution in [0.15, 0.2) is 40.8 Å². The molecule has 0 atom stereocenters. The SMILES string of the molecule is Cc1cc(NC(=O)C(F)(F)F)cc2nc(-c3ccc(C(C)C)cc3)oc12. The first-order valence-electron chi connectivity index (χ1n) is 8.05. The van der Waals surface area contributed by atoms with Crippen molar-refractivity contribution in [2.75, 3.05) is 5.32 Å². The molecule has 0 radical (unpaired) electrons. The molecule has 0 spiro atoms. The molecular formula is C19H17F3N2O2. The number of hydrogen-bond acceptors (Lipinski definition) is 3. The standard InChI is InChI=1S/C19H17F3N2O2/c1-10(2)12-4-6-13(7-5-12)17-24-15-9-14(8-11(3)16(15)26-17)23-18(25)19(20,21)22/h4-10H,1-3H3,(H,23,25). The molecule has 2 aromatic carbocycles. The second-order valence-corrected chi connectivity index (χ2v) is 6.39. The maximum Gasteiger partial charge on any atom is 0.471 e. The van der Waals surface area contributed by atoms with Crippen LogP contribution in [-0.2, 0) is 4.79 Å². The lowest BCUT2D eigenvalue weighted by molar-refractivity contribution is -0.167. The van der Waals surface area contributed by atoms with E-state index in [1.54, 1.807) is 6.92 Å². The van der Waals surface area contributed by atoms with E-state index in [9.17, 15) is 18.0 Å². The van der Waals surface area contributed by atoms with Gasteiger partial charge in [-0.15, -0.1) is 0 Å². The zero-order valence-electron chi connectivity index (χ0n) is 14.4. The van der Waals surface area contributed by atoms with Gasteiger partial charge in [0, 0.05) is 11.3 Å². The summed E-state index contributed by atoms with van der Waals surface area (Å²) >= 11 is 0. The molecule has 0 bridgehead atoms. The van der Waals surface area contributed by atoms with E-state index >= 15 is 0 Å². The number of alkyl halides is 3. The highest BCUT2D eigenvalue weighted by Crippen LogP contribution is 2.30. The van der Waals surface area contributed by atoms with Crippen molar-refractivity contribution in [3.05, 3.63) is 47.5 Å². The van der Waals surface area contributed by atoms with Crippen molar-refractivity contribution >= 4 is 22.7 Å². The van der Waals surface area contributed by atoms with Gasteiger partial charge in [0.15, 0.2) is 5.58 Å². The summed E-state index contributed by atoms with van der Waals surface area (Å²) in [6.07, 6.45) is -4.95. The molecule has 0 aliphatic carbocycles. The number of halogens is 3. The summed E-state index contributed by atoms with van der Waals surface area (Å²) in [6.45, 7) is 5.87. The van der Waals surface area contributed by atoms with Crippen molar-refractivity contribution in [1.29, 1.82) is 0 Å². The van der Waals surface area contributed by atoms with Crippen LogP contribution in [0.25, 0.3) is 22.6 Å². The summed E-state index contributed by atoms with van der Waals surface area (Å²) < 4.78 is 43.0. The smallest absolute Gasteiger partial charge is 0.436 e. The predicted molar refractivity (Wildman–Crippen MR) is 93.0 cm³/mol. The molecule has 26 heavy (non-hydrogen) atoms. The number of amides is 1. The van der Waals surface area contributed by atoms with Crippen LogP contribution < -0.4 is 5.32 Å². The van der Waals surface area contributed by atoms with Crippen LogP contribution in [0, 0.1) is 6.92 Å². The molecule has 1 N–H and O–H groups in total. The molecule has 7 heteroatoms. The molecule has 0 saturated heterocycles. The largest absolute Gasteiger partial charge is 0.471 e. The monoisotopic (exact) mass is 362 g/mol. The van der Waals surface area contributed by atoms with Crippen LogP contribution in [0.3, 0.4) is 0 Å². The summed E-state index contributed by atoms with van der Waals surface area (Å²) in [7, 11) is 0. The Bertz CT molecular complexity index is 957. The quantitative estimate of drug-likeness (QED) is 0.676. The van der Waals surface area contributed by atoms with Crippen molar-refractivity contribution in [3.63, 3.8) is 0 Å². The summed E-state index contributed by atoms with van der Waals surface area (Å²) in [5.74, 6) is -1.25. The summed E-state index contributed by atoms with van der Waals surface area (Å²) in [5, 5.41) is 1.84. The lowest BCUT2D eigenvalue weighted by Gasteiger charge is -2.08. The Morgan fingerprint density at radius 2 is 1.81 bits per heavy atom. The number of aryl methyl sites for hydroxylation is 1. The maximum atomic E-state index is 12.4. The molecule has 1 aromatic heterocycles. The molecule has 1 amide bonds. The summed E-state index contributed by atoms with van der Waals surface area (Å²) in [4.78, 5) is 15.5. The van der Waals surface area contributed by atoms with Gasteiger partial charge in [0.25, 0.3) is 0 Å². The molecule has 0 aliphatic rings. The highest BCUT2D eigenvalue weighted by Gasteiger charge is 2.38. The Kier molecular flexibility index (Phi) is 4.48. The zero-order valence-corrected chi connectivity index (χ0v) is 14.4. The van der Waals surface area contributed by atoms with Gasteiger partial charge in [-0.2, -0.15) is 13.2 Å². The van der Waals surface area contributed by atoms with Crippen LogP contribution in [0.4, 0.5) is 18.9 Å². The normalized spacial score (nSPS) is 12.0. The van der Waals surface area contributed by atoms with E-state index in [1.165, 1.54) is 17.7 Å². The van der Waals surface area contributed by atoms with Gasteiger partial charge in [-0.25, -0.2) is 4.98 Å². The molecule has 0 saturated carbocycles. The highest BCUT2D eigenvalue weighted by atomic mass is 19.4. The van der Waals surface area contributed by atoms with E-state index in [4.69, 9.17) is 4.42 Å². The lowest BCUT2D eigenvalue weighted by Crippen LogP contribution is -2.29. The Hall–Kier alpha value is -2.83. The third kappa shape index (κ3) is 3.56. The van der Waals surface area contributed by atoms with E-state index in [0.29, 0.717) is 28.5 Å². The molecule has 0 fully saturated rings. The topological polar surface area (TPSA) is 55.1 Å². The Morgan fingerprint density at radius 3 is 2.38 bits per heavy atom. The number of oxazole rings is 1. The first-order chi connectivity index (χ1) is 12.1. The van der Waals surface area contributed by atoms with Gasteiger partial charge >= 0.3 is 12.1 Å². The lowest BCUT2D eigenvalue weighted by atomic mass is 10.0. The van der Waals surface area contributed by atoms with Crippen LogP contribution in [0.2, 0.25) is 0 Å². The van der Waals surface area contributed by atoms with Gasteiger partial charge in [-0.1, -0.05) is 26.0 Å². The second kappa shape index (κ2) is 6.48. The third-order valence-electron chi connectivity index (χ3n) is 4.02. The first kappa shape index (κ1) is 18.0. The fraction of sp³-hybridized carbons (Fsp3) is 0.263. The minimum Gasteiger partial charge on any atom is -0.436 e. The van der Waals surface area contributed by atoms with Gasteiger partial charge in [0.2, 0.25) is 5.89 Å². The number of benzene rings is 2. The number of hydrogen-bond donors (Lipinski definition) is 1. The molecule has 3 aromatic rings. The van der Waals surface area contributed by atoms with Crippen LogP contribution >= 0.6 is 0 Å². The van der Waals surface area contributed by atoms with Crippen LogP contribution in [0.5, 0.6) is 0 Å². The van der Waals surface area contributed by atoms with Gasteiger partial charge in [0.1, 0.15) is 5.52 Å². The van der Waals surface area contributed by atoms with Crippen molar-refractivity contribution in [3.8, 4) is 11.5 Å². The molecular weight excluding hydrogens is 345 g/mol. The number of carbonyl (C=O) groups is 1. The van der Waals surface area contributed by atoms with Crippen molar-refractivity contribution in [2.24, 2.45) is 0 Å². The maximum absolute atomic E-state index is 12.4. The molecule has 0 aliphatic heterocycles. The van der Waals surface area contributed by atoms with Gasteiger partial charge in [0.05, 0.1) is 0 Å². The number of anilines is 1. The number of carbonyl (C=O) groups excluding carboxylic acids is 1. The number of nitrogens with zero attached hydrogens (tertiary/aromatic N) is 1. The van der Waals surface area contributed by atoms with E-state index in [1.807, 2.05) is 29.6 Å². The van der Waals surface area contributed by atoms with Crippen LogP contribution in [-0.4, -0.2) is 17.1 Å². The molecule has 136 valence electrons. The average Bonchev–Trinajstić information content (AvgIpc) is 2.98. The molecule has 0 unspecified atom stereocenters. The molecule has 4 nitrogen and oxygen atoms in total. The summed E-state index contributed by atoms with van der Waals surface area (Å²) in [6, 6.07) is 10.5. The minimum absolute atomic E-state index is 0.0207. The molecule has 3 rings (SSSR count). The number of rotatable bonds is 3. The highest BCUT2D eigenvalue weighted by molar-refractivity contribution is 5.97. The summed E-state index contributed by atoms with van der Waals surface area (Å²) in [5.41, 5.74) is 3.40. The van der Waals surface area contributed by atoms with E-state index in [2.05, 4.69) is 18.8 Å². The second-order valence-electron chi connectivity index (χ2n) is 6.39. The van der Waals surface area contributed by atoms with E-state index in [-0.39, 0.29) is 5.69 Å². The number of nitrogens with one attached hydrogen (secondary N) is 1. The Labute approximate surface area is 148 Å². The van der Waals surface area contributed by atoms with Crippen LogP contribution in [0.1, 0.15) is 30.9 Å². The first-order valence-corrected chi connectivity index (χ1v) is 8.05. The average molecular weight is 362 g/mol.